The van der Waals surface area contributed by atoms with Crippen molar-refractivity contribution in [3.8, 4) is 17.1 Å². The van der Waals surface area contributed by atoms with Crippen LogP contribution in [-0.4, -0.2) is 32.4 Å². The van der Waals surface area contributed by atoms with Crippen molar-refractivity contribution in [2.45, 2.75) is 30.7 Å². The third-order valence-electron chi connectivity index (χ3n) is 4.55. The van der Waals surface area contributed by atoms with Crippen molar-refractivity contribution >= 4 is 34.1 Å². The van der Waals surface area contributed by atoms with Crippen molar-refractivity contribution in [2.24, 2.45) is 0 Å². The molecule has 7 nitrogen and oxygen atoms in total. The Hall–Kier alpha value is -3.30. The van der Waals surface area contributed by atoms with E-state index in [0.717, 1.165) is 32.3 Å². The van der Waals surface area contributed by atoms with Crippen LogP contribution in [0.15, 0.2) is 64.4 Å². The van der Waals surface area contributed by atoms with E-state index in [1.54, 1.807) is 48.7 Å². The van der Waals surface area contributed by atoms with E-state index in [4.69, 9.17) is 4.74 Å². The first-order chi connectivity index (χ1) is 15.5. The Balaban J connectivity index is 1.50. The quantitative estimate of drug-likeness (QED) is 0.392. The molecule has 0 atom stereocenters. The Morgan fingerprint density at radius 2 is 1.88 bits per heavy atom. The SMILES string of the molecule is CCOc1cnc(Sc2cc(C)c(-c3csc(NC(=O)c4ccncc4)n3)c(C)c2)cn1. The molecule has 4 aromatic rings. The van der Waals surface area contributed by atoms with E-state index in [-0.39, 0.29) is 5.91 Å². The lowest BCUT2D eigenvalue weighted by Crippen LogP contribution is -2.11. The number of benzene rings is 1. The van der Waals surface area contributed by atoms with Gasteiger partial charge in [-0.1, -0.05) is 11.8 Å². The zero-order valence-corrected chi connectivity index (χ0v) is 19.5. The van der Waals surface area contributed by atoms with E-state index < -0.39 is 0 Å². The van der Waals surface area contributed by atoms with Crippen molar-refractivity contribution in [2.75, 3.05) is 11.9 Å². The number of anilines is 1. The molecule has 0 saturated carbocycles. The Morgan fingerprint density at radius 1 is 1.12 bits per heavy atom. The Morgan fingerprint density at radius 3 is 2.53 bits per heavy atom. The minimum atomic E-state index is -0.204. The standard InChI is InChI=1S/C23H21N5O2S2/c1-4-30-19-11-26-20(12-25-19)32-17-9-14(2)21(15(3)10-17)18-13-31-23(27-18)28-22(29)16-5-7-24-8-6-16/h5-13H,4H2,1-3H3,(H,27,28,29). The summed E-state index contributed by atoms with van der Waals surface area (Å²) in [6.07, 6.45) is 6.53. The molecule has 1 N–H and O–H groups in total. The zero-order valence-electron chi connectivity index (χ0n) is 17.8. The van der Waals surface area contributed by atoms with Gasteiger partial charge in [-0.3, -0.25) is 15.1 Å². The van der Waals surface area contributed by atoms with Gasteiger partial charge in [0.05, 0.1) is 24.7 Å². The molecule has 0 aliphatic rings. The van der Waals surface area contributed by atoms with Gasteiger partial charge in [-0.15, -0.1) is 11.3 Å². The van der Waals surface area contributed by atoms with Gasteiger partial charge in [-0.25, -0.2) is 15.0 Å². The van der Waals surface area contributed by atoms with Crippen LogP contribution in [0.3, 0.4) is 0 Å². The van der Waals surface area contributed by atoms with Crippen LogP contribution in [0.25, 0.3) is 11.3 Å². The molecule has 9 heteroatoms. The van der Waals surface area contributed by atoms with E-state index in [0.29, 0.717) is 23.2 Å². The predicted octanol–water partition coefficient (Wildman–Crippen LogP) is 5.41. The second kappa shape index (κ2) is 9.88. The van der Waals surface area contributed by atoms with Gasteiger partial charge in [-0.05, 0) is 56.2 Å². The lowest BCUT2D eigenvalue weighted by molar-refractivity contribution is 0.102. The van der Waals surface area contributed by atoms with Gasteiger partial charge in [0.25, 0.3) is 5.91 Å². The van der Waals surface area contributed by atoms with E-state index in [1.165, 1.54) is 11.3 Å². The molecule has 162 valence electrons. The molecule has 0 aliphatic heterocycles. The molecule has 3 heterocycles. The molecule has 0 bridgehead atoms. The van der Waals surface area contributed by atoms with Crippen molar-refractivity contribution in [1.82, 2.24) is 19.9 Å². The second-order valence-corrected chi connectivity index (χ2v) is 8.84. The number of nitrogens with one attached hydrogen (secondary N) is 1. The van der Waals surface area contributed by atoms with Crippen LogP contribution in [0.2, 0.25) is 0 Å². The smallest absolute Gasteiger partial charge is 0.257 e. The molecular weight excluding hydrogens is 442 g/mol. The average Bonchev–Trinajstić information content (AvgIpc) is 3.23. The number of carbonyl (C=O) groups excluding carboxylic acids is 1. The highest BCUT2D eigenvalue weighted by Gasteiger charge is 2.14. The Labute approximate surface area is 194 Å². The highest BCUT2D eigenvalue weighted by molar-refractivity contribution is 7.99. The molecule has 0 unspecified atom stereocenters. The van der Waals surface area contributed by atoms with Crippen molar-refractivity contribution in [3.05, 3.63) is 71.1 Å². The van der Waals surface area contributed by atoms with Gasteiger partial charge in [-0.2, -0.15) is 0 Å². The normalized spacial score (nSPS) is 10.7. The largest absolute Gasteiger partial charge is 0.477 e. The van der Waals surface area contributed by atoms with Crippen LogP contribution in [0.1, 0.15) is 28.4 Å². The van der Waals surface area contributed by atoms with Gasteiger partial charge in [0.15, 0.2) is 5.13 Å². The number of nitrogens with zero attached hydrogens (tertiary/aromatic N) is 4. The summed E-state index contributed by atoms with van der Waals surface area (Å²) in [5.74, 6) is 0.319. The number of hydrogen-bond donors (Lipinski definition) is 1. The first-order valence-corrected chi connectivity index (χ1v) is 11.6. The van der Waals surface area contributed by atoms with Gasteiger partial charge in [0.1, 0.15) is 5.03 Å². The fourth-order valence-electron chi connectivity index (χ4n) is 3.21. The van der Waals surface area contributed by atoms with Crippen molar-refractivity contribution in [3.63, 3.8) is 0 Å². The molecule has 3 aromatic heterocycles. The first kappa shape index (κ1) is 21.9. The molecule has 0 spiro atoms. The summed E-state index contributed by atoms with van der Waals surface area (Å²) < 4.78 is 5.35. The number of amides is 1. The number of hydrogen-bond acceptors (Lipinski definition) is 8. The number of thiazole rings is 1. The summed E-state index contributed by atoms with van der Waals surface area (Å²) in [6, 6.07) is 7.56. The summed E-state index contributed by atoms with van der Waals surface area (Å²) in [5.41, 5.74) is 4.65. The molecular formula is C23H21N5O2S2. The fourth-order valence-corrected chi connectivity index (χ4v) is 4.83. The lowest BCUT2D eigenvalue weighted by atomic mass is 10.0. The van der Waals surface area contributed by atoms with Crippen LogP contribution < -0.4 is 10.1 Å². The maximum absolute atomic E-state index is 12.4. The minimum Gasteiger partial charge on any atom is -0.477 e. The fraction of sp³-hybridized carbons (Fsp3) is 0.174. The van der Waals surface area contributed by atoms with Crippen molar-refractivity contribution < 1.29 is 9.53 Å². The summed E-state index contributed by atoms with van der Waals surface area (Å²) in [7, 11) is 0. The van der Waals surface area contributed by atoms with Crippen LogP contribution in [0.4, 0.5) is 5.13 Å². The minimum absolute atomic E-state index is 0.204. The number of ether oxygens (including phenoxy) is 1. The predicted molar refractivity (Wildman–Crippen MR) is 127 cm³/mol. The molecule has 0 radical (unpaired) electrons. The molecule has 1 aromatic carbocycles. The molecule has 4 rings (SSSR count). The Kier molecular flexibility index (Phi) is 6.77. The van der Waals surface area contributed by atoms with E-state index in [1.807, 2.05) is 12.3 Å². The van der Waals surface area contributed by atoms with Gasteiger partial charge >= 0.3 is 0 Å². The highest BCUT2D eigenvalue weighted by Crippen LogP contribution is 2.35. The van der Waals surface area contributed by atoms with E-state index in [2.05, 4.69) is 51.2 Å². The summed E-state index contributed by atoms with van der Waals surface area (Å²) in [5, 5.41) is 6.18. The van der Waals surface area contributed by atoms with Gasteiger partial charge < -0.3 is 4.74 Å². The third-order valence-corrected chi connectivity index (χ3v) is 6.20. The number of carbonyl (C=O) groups is 1. The summed E-state index contributed by atoms with van der Waals surface area (Å²) in [6.45, 7) is 6.60. The van der Waals surface area contributed by atoms with Crippen LogP contribution in [0, 0.1) is 13.8 Å². The summed E-state index contributed by atoms with van der Waals surface area (Å²) >= 11 is 2.95. The number of aromatic nitrogens is 4. The number of aryl methyl sites for hydroxylation is 2. The number of pyridine rings is 1. The maximum atomic E-state index is 12.4. The average molecular weight is 464 g/mol. The highest BCUT2D eigenvalue weighted by atomic mass is 32.2. The lowest BCUT2D eigenvalue weighted by Gasteiger charge is -2.11. The number of rotatable bonds is 7. The van der Waals surface area contributed by atoms with E-state index in [9.17, 15) is 4.79 Å². The molecule has 0 fully saturated rings. The van der Waals surface area contributed by atoms with Crippen molar-refractivity contribution in [1.29, 1.82) is 0 Å². The molecule has 0 aliphatic carbocycles. The maximum Gasteiger partial charge on any atom is 0.257 e. The van der Waals surface area contributed by atoms with E-state index >= 15 is 0 Å². The second-order valence-electron chi connectivity index (χ2n) is 6.89. The third kappa shape index (κ3) is 5.12. The molecule has 32 heavy (non-hydrogen) atoms. The van der Waals surface area contributed by atoms with Gasteiger partial charge in [0, 0.05) is 33.8 Å². The van der Waals surface area contributed by atoms with Crippen LogP contribution in [0.5, 0.6) is 5.88 Å². The topological polar surface area (TPSA) is 89.9 Å². The zero-order chi connectivity index (χ0) is 22.5. The molecule has 1 amide bonds. The monoisotopic (exact) mass is 463 g/mol. The molecule has 0 saturated heterocycles. The van der Waals surface area contributed by atoms with Crippen LogP contribution in [-0.2, 0) is 0 Å². The van der Waals surface area contributed by atoms with Gasteiger partial charge in [0.2, 0.25) is 5.88 Å². The first-order valence-electron chi connectivity index (χ1n) is 9.94. The Bertz CT molecular complexity index is 1200. The summed E-state index contributed by atoms with van der Waals surface area (Å²) in [4.78, 5) is 30.7. The van der Waals surface area contributed by atoms with Crippen LogP contribution >= 0.6 is 23.1 Å².